The van der Waals surface area contributed by atoms with E-state index in [-0.39, 0.29) is 11.9 Å². The van der Waals surface area contributed by atoms with Gasteiger partial charge in [-0.1, -0.05) is 60.7 Å². The van der Waals surface area contributed by atoms with Gasteiger partial charge in [-0.25, -0.2) is 4.99 Å². The van der Waals surface area contributed by atoms with Gasteiger partial charge in [0, 0.05) is 11.1 Å². The van der Waals surface area contributed by atoms with Gasteiger partial charge in [-0.05, 0) is 67.4 Å². The predicted molar refractivity (Wildman–Crippen MR) is 119 cm³/mol. The van der Waals surface area contributed by atoms with E-state index in [0.29, 0.717) is 5.02 Å². The van der Waals surface area contributed by atoms with Crippen LogP contribution in [0.2, 0.25) is 5.02 Å². The van der Waals surface area contributed by atoms with Crippen LogP contribution < -0.4 is 0 Å². The van der Waals surface area contributed by atoms with Crippen LogP contribution in [0.1, 0.15) is 43.2 Å². The van der Waals surface area contributed by atoms with Crippen LogP contribution in [0.15, 0.2) is 58.4 Å². The molecule has 1 amide bonds. The fraction of sp³-hybridized carbons (Fsp3) is 0.304. The number of hydrogen-bond donors (Lipinski definition) is 0. The number of nitrogens with zero attached hydrogens (tertiary/aromatic N) is 2. The number of amides is 1. The maximum Gasteiger partial charge on any atom is 0.267 e. The summed E-state index contributed by atoms with van der Waals surface area (Å²) in [4.78, 5) is 20.8. The molecular weight excluding hydrogens is 388 g/mol. The lowest BCUT2D eigenvalue weighted by Gasteiger charge is -2.30. The lowest BCUT2D eigenvalue weighted by molar-refractivity contribution is -0.124. The number of aryl methyl sites for hydroxylation is 1. The molecule has 28 heavy (non-hydrogen) atoms. The average Bonchev–Trinajstić information content (AvgIpc) is 3.01. The number of carbonyl (C=O) groups is 1. The van der Waals surface area contributed by atoms with Gasteiger partial charge >= 0.3 is 0 Å². The standard InChI is InChI=1S/C23H23ClN2OS/c1-16-7-13-19(14-8-16)25-23-26(20-5-3-2-4-6-20)22(27)21(28-23)15-17-9-11-18(24)12-10-17/h7-15,20H,2-6H2,1H3/b21-15+,25-23?. The molecule has 0 unspecified atom stereocenters. The van der Waals surface area contributed by atoms with E-state index in [2.05, 4.69) is 19.1 Å². The van der Waals surface area contributed by atoms with Crippen LogP contribution in [0.3, 0.4) is 0 Å². The van der Waals surface area contributed by atoms with E-state index < -0.39 is 0 Å². The molecule has 3 nitrogen and oxygen atoms in total. The lowest BCUT2D eigenvalue weighted by atomic mass is 9.94. The molecule has 0 aromatic heterocycles. The zero-order chi connectivity index (χ0) is 19.5. The highest BCUT2D eigenvalue weighted by Gasteiger charge is 2.38. The van der Waals surface area contributed by atoms with Crippen LogP contribution in [0.5, 0.6) is 0 Å². The zero-order valence-corrected chi connectivity index (χ0v) is 17.5. The first-order chi connectivity index (χ1) is 13.6. The normalized spacial score (nSPS) is 21.1. The van der Waals surface area contributed by atoms with Crippen LogP contribution in [0, 0.1) is 6.92 Å². The van der Waals surface area contributed by atoms with Crippen LogP contribution in [-0.4, -0.2) is 22.0 Å². The molecule has 0 spiro atoms. The number of carbonyl (C=O) groups excluding carboxylic acids is 1. The number of halogens is 1. The monoisotopic (exact) mass is 410 g/mol. The first kappa shape index (κ1) is 19.3. The topological polar surface area (TPSA) is 32.7 Å². The summed E-state index contributed by atoms with van der Waals surface area (Å²) < 4.78 is 0. The van der Waals surface area contributed by atoms with Gasteiger partial charge in [0.2, 0.25) is 0 Å². The molecule has 2 aliphatic rings. The largest absolute Gasteiger partial charge is 0.283 e. The van der Waals surface area contributed by atoms with Gasteiger partial charge in [0.25, 0.3) is 5.91 Å². The molecule has 1 heterocycles. The van der Waals surface area contributed by atoms with Crippen molar-refractivity contribution in [3.05, 3.63) is 69.6 Å². The second-order valence-electron chi connectivity index (χ2n) is 7.36. The number of benzene rings is 2. The van der Waals surface area contributed by atoms with Crippen molar-refractivity contribution in [2.45, 2.75) is 45.1 Å². The Kier molecular flexibility index (Phi) is 5.88. The minimum atomic E-state index is 0.0673. The summed E-state index contributed by atoms with van der Waals surface area (Å²) in [5, 5.41) is 1.49. The molecule has 2 fully saturated rings. The molecule has 4 rings (SSSR count). The molecule has 0 bridgehead atoms. The Labute approximate surface area is 175 Å². The van der Waals surface area contributed by atoms with E-state index >= 15 is 0 Å². The molecule has 1 saturated heterocycles. The molecule has 1 saturated carbocycles. The maximum atomic E-state index is 13.3. The second-order valence-corrected chi connectivity index (χ2v) is 8.80. The fourth-order valence-electron chi connectivity index (χ4n) is 3.67. The van der Waals surface area contributed by atoms with E-state index in [9.17, 15) is 4.79 Å². The first-order valence-corrected chi connectivity index (χ1v) is 10.9. The Balaban J connectivity index is 1.68. The first-order valence-electron chi connectivity index (χ1n) is 9.74. The summed E-state index contributed by atoms with van der Waals surface area (Å²) in [7, 11) is 0. The number of amidine groups is 1. The number of hydrogen-bond acceptors (Lipinski definition) is 3. The smallest absolute Gasteiger partial charge is 0.267 e. The molecule has 1 aliphatic heterocycles. The van der Waals surface area contributed by atoms with Crippen molar-refractivity contribution in [3.63, 3.8) is 0 Å². The Morgan fingerprint density at radius 2 is 1.71 bits per heavy atom. The quantitative estimate of drug-likeness (QED) is 0.535. The fourth-order valence-corrected chi connectivity index (χ4v) is 4.85. The molecule has 0 N–H and O–H groups in total. The molecule has 1 aliphatic carbocycles. The van der Waals surface area contributed by atoms with Gasteiger partial charge in [-0.15, -0.1) is 0 Å². The highest BCUT2D eigenvalue weighted by atomic mass is 35.5. The predicted octanol–water partition coefficient (Wildman–Crippen LogP) is 6.59. The van der Waals surface area contributed by atoms with Crippen molar-refractivity contribution in [3.8, 4) is 0 Å². The number of aliphatic imine (C=N–C) groups is 1. The Morgan fingerprint density at radius 3 is 2.39 bits per heavy atom. The van der Waals surface area contributed by atoms with Gasteiger partial charge in [-0.2, -0.15) is 0 Å². The molecule has 0 atom stereocenters. The SMILES string of the molecule is Cc1ccc(N=C2S/C(=C/c3ccc(Cl)cc3)C(=O)N2C2CCCCC2)cc1. The Bertz CT molecular complexity index is 913. The van der Waals surface area contributed by atoms with Gasteiger partial charge in [-0.3, -0.25) is 9.69 Å². The highest BCUT2D eigenvalue weighted by molar-refractivity contribution is 8.18. The maximum absolute atomic E-state index is 13.3. The molecule has 5 heteroatoms. The summed E-state index contributed by atoms with van der Waals surface area (Å²) in [5.41, 5.74) is 3.06. The van der Waals surface area contributed by atoms with Gasteiger partial charge in [0.15, 0.2) is 5.17 Å². The minimum absolute atomic E-state index is 0.0673. The third-order valence-electron chi connectivity index (χ3n) is 5.20. The van der Waals surface area contributed by atoms with Gasteiger partial charge in [0.05, 0.1) is 10.6 Å². The van der Waals surface area contributed by atoms with Crippen molar-refractivity contribution >= 4 is 46.2 Å². The van der Waals surface area contributed by atoms with Crippen LogP contribution in [0.25, 0.3) is 6.08 Å². The van der Waals surface area contributed by atoms with Gasteiger partial charge < -0.3 is 0 Å². The zero-order valence-electron chi connectivity index (χ0n) is 15.9. The molecule has 2 aromatic rings. The third-order valence-corrected chi connectivity index (χ3v) is 6.44. The second kappa shape index (κ2) is 8.54. The van der Waals surface area contributed by atoms with Crippen LogP contribution >= 0.6 is 23.4 Å². The van der Waals surface area contributed by atoms with Crippen molar-refractivity contribution in [1.82, 2.24) is 4.90 Å². The van der Waals surface area contributed by atoms with E-state index in [1.807, 2.05) is 47.4 Å². The molecule has 0 radical (unpaired) electrons. The van der Waals surface area contributed by atoms with E-state index in [1.165, 1.54) is 36.6 Å². The third kappa shape index (κ3) is 4.34. The van der Waals surface area contributed by atoms with Crippen LogP contribution in [0.4, 0.5) is 5.69 Å². The molecular formula is C23H23ClN2OS. The Morgan fingerprint density at radius 1 is 1.04 bits per heavy atom. The summed E-state index contributed by atoms with van der Waals surface area (Å²) in [5.74, 6) is 0.0673. The van der Waals surface area contributed by atoms with Crippen molar-refractivity contribution in [2.75, 3.05) is 0 Å². The van der Waals surface area contributed by atoms with E-state index in [0.717, 1.165) is 34.2 Å². The van der Waals surface area contributed by atoms with Crippen molar-refractivity contribution in [2.24, 2.45) is 4.99 Å². The van der Waals surface area contributed by atoms with Crippen LogP contribution in [-0.2, 0) is 4.79 Å². The lowest BCUT2D eigenvalue weighted by Crippen LogP contribution is -2.40. The minimum Gasteiger partial charge on any atom is -0.283 e. The van der Waals surface area contributed by atoms with E-state index in [4.69, 9.17) is 16.6 Å². The summed E-state index contributed by atoms with van der Waals surface area (Å²) in [6, 6.07) is 15.9. The average molecular weight is 411 g/mol. The molecule has 2 aromatic carbocycles. The van der Waals surface area contributed by atoms with Gasteiger partial charge in [0.1, 0.15) is 0 Å². The molecule has 144 valence electrons. The number of rotatable bonds is 3. The van der Waals surface area contributed by atoms with Crippen molar-refractivity contribution < 1.29 is 4.79 Å². The highest BCUT2D eigenvalue weighted by Crippen LogP contribution is 2.38. The summed E-state index contributed by atoms with van der Waals surface area (Å²) >= 11 is 7.46. The summed E-state index contributed by atoms with van der Waals surface area (Å²) in [6.07, 6.45) is 7.64. The Hall–Kier alpha value is -2.04. The van der Waals surface area contributed by atoms with Crippen molar-refractivity contribution in [1.29, 1.82) is 0 Å². The van der Waals surface area contributed by atoms with E-state index in [1.54, 1.807) is 0 Å². The summed E-state index contributed by atoms with van der Waals surface area (Å²) in [6.45, 7) is 2.06. The number of thioether (sulfide) groups is 1.